The Hall–Kier alpha value is -2.70. The highest BCUT2D eigenvalue weighted by atomic mass is 16.6. The fraction of sp³-hybridized carbons (Fsp3) is 0.462. The number of hydrogen-bond donors (Lipinski definition) is 0. The minimum Gasteiger partial charge on any atom is -0.462 e. The van der Waals surface area contributed by atoms with Gasteiger partial charge in [0, 0.05) is 39.5 Å². The van der Waals surface area contributed by atoms with Crippen molar-refractivity contribution in [1.29, 1.82) is 0 Å². The minimum atomic E-state index is -0.412. The molecule has 3 rings (SSSR count). The molecule has 3 atom stereocenters. The van der Waals surface area contributed by atoms with E-state index in [0.29, 0.717) is 13.2 Å². The first-order valence-electron chi connectivity index (χ1n) is 11.3. The summed E-state index contributed by atoms with van der Waals surface area (Å²) in [6, 6.07) is 20.4. The Kier molecular flexibility index (Phi) is 8.82. The number of piperidine rings is 1. The first kappa shape index (κ1) is 24.0. The SMILES string of the molecule is CC(=O)OC1CCN(CCCOC(c2ccccc2)c2ccccc2)C(OC(C)=O)C1C. The van der Waals surface area contributed by atoms with Gasteiger partial charge in [-0.25, -0.2) is 0 Å². The van der Waals surface area contributed by atoms with Crippen molar-refractivity contribution in [2.75, 3.05) is 19.7 Å². The van der Waals surface area contributed by atoms with E-state index in [-0.39, 0.29) is 30.1 Å². The molecule has 3 unspecified atom stereocenters. The van der Waals surface area contributed by atoms with Gasteiger partial charge in [-0.2, -0.15) is 0 Å². The molecule has 172 valence electrons. The summed E-state index contributed by atoms with van der Waals surface area (Å²) in [7, 11) is 0. The number of ether oxygens (including phenoxy) is 3. The lowest BCUT2D eigenvalue weighted by Gasteiger charge is -2.42. The number of likely N-dealkylation sites (tertiary alicyclic amines) is 1. The Bertz CT molecular complexity index is 818. The molecule has 32 heavy (non-hydrogen) atoms. The highest BCUT2D eigenvalue weighted by Crippen LogP contribution is 2.29. The Balaban J connectivity index is 1.59. The molecule has 0 aromatic heterocycles. The standard InChI is InChI=1S/C26H33NO5/c1-19-24(31-20(2)28)15-17-27(26(19)32-21(3)29)16-10-18-30-25(22-11-6-4-7-12-22)23-13-8-5-9-14-23/h4-9,11-14,19,24-26H,10,15-18H2,1-3H3. The van der Waals surface area contributed by atoms with Crippen LogP contribution >= 0.6 is 0 Å². The number of nitrogens with zero attached hydrogens (tertiary/aromatic N) is 1. The topological polar surface area (TPSA) is 65.1 Å². The van der Waals surface area contributed by atoms with Gasteiger partial charge < -0.3 is 14.2 Å². The maximum atomic E-state index is 11.7. The zero-order valence-electron chi connectivity index (χ0n) is 19.1. The second kappa shape index (κ2) is 11.8. The van der Waals surface area contributed by atoms with Crippen LogP contribution in [0, 0.1) is 5.92 Å². The van der Waals surface area contributed by atoms with Crippen molar-refractivity contribution in [1.82, 2.24) is 4.90 Å². The molecule has 2 aromatic carbocycles. The van der Waals surface area contributed by atoms with Crippen LogP contribution in [-0.4, -0.2) is 48.9 Å². The van der Waals surface area contributed by atoms with E-state index in [1.807, 2.05) is 43.3 Å². The summed E-state index contributed by atoms with van der Waals surface area (Å²) in [4.78, 5) is 25.2. The third-order valence-electron chi connectivity index (χ3n) is 5.78. The third-order valence-corrected chi connectivity index (χ3v) is 5.78. The van der Waals surface area contributed by atoms with Crippen LogP contribution < -0.4 is 0 Å². The first-order chi connectivity index (χ1) is 15.5. The van der Waals surface area contributed by atoms with Gasteiger partial charge >= 0.3 is 11.9 Å². The van der Waals surface area contributed by atoms with Crippen molar-refractivity contribution in [2.24, 2.45) is 5.92 Å². The summed E-state index contributed by atoms with van der Waals surface area (Å²) >= 11 is 0. The Morgan fingerprint density at radius 3 is 2.03 bits per heavy atom. The summed E-state index contributed by atoms with van der Waals surface area (Å²) in [5.74, 6) is -0.739. The fourth-order valence-corrected chi connectivity index (χ4v) is 4.28. The van der Waals surface area contributed by atoms with Crippen LogP contribution in [0.3, 0.4) is 0 Å². The number of esters is 2. The predicted molar refractivity (Wildman–Crippen MR) is 122 cm³/mol. The van der Waals surface area contributed by atoms with Crippen molar-refractivity contribution in [2.45, 2.75) is 52.0 Å². The first-order valence-corrected chi connectivity index (χ1v) is 11.3. The van der Waals surface area contributed by atoms with Gasteiger partial charge in [0.15, 0.2) is 6.23 Å². The van der Waals surface area contributed by atoms with Gasteiger partial charge in [0.2, 0.25) is 0 Å². The van der Waals surface area contributed by atoms with Crippen molar-refractivity contribution in [3.05, 3.63) is 71.8 Å². The van der Waals surface area contributed by atoms with Crippen LogP contribution in [0.1, 0.15) is 50.8 Å². The maximum Gasteiger partial charge on any atom is 0.304 e. The lowest BCUT2D eigenvalue weighted by Crippen LogP contribution is -2.53. The minimum absolute atomic E-state index is 0.0983. The molecule has 6 heteroatoms. The molecule has 0 saturated carbocycles. The van der Waals surface area contributed by atoms with E-state index in [1.165, 1.54) is 13.8 Å². The van der Waals surface area contributed by atoms with E-state index in [0.717, 1.165) is 30.5 Å². The lowest BCUT2D eigenvalue weighted by atomic mass is 9.94. The summed E-state index contributed by atoms with van der Waals surface area (Å²) in [6.45, 7) is 6.78. The summed E-state index contributed by atoms with van der Waals surface area (Å²) in [5.41, 5.74) is 2.24. The van der Waals surface area contributed by atoms with Gasteiger partial charge in [0.05, 0.1) is 0 Å². The Morgan fingerprint density at radius 1 is 0.938 bits per heavy atom. The van der Waals surface area contributed by atoms with Crippen LogP contribution in [0.4, 0.5) is 0 Å². The average molecular weight is 440 g/mol. The molecule has 1 aliphatic heterocycles. The van der Waals surface area contributed by atoms with Crippen LogP contribution in [-0.2, 0) is 23.8 Å². The normalized spacial score (nSPS) is 21.3. The number of hydrogen-bond acceptors (Lipinski definition) is 6. The molecule has 0 radical (unpaired) electrons. The zero-order chi connectivity index (χ0) is 22.9. The van der Waals surface area contributed by atoms with E-state index >= 15 is 0 Å². The zero-order valence-corrected chi connectivity index (χ0v) is 19.1. The molecule has 0 N–H and O–H groups in total. The quantitative estimate of drug-likeness (QED) is 0.428. The molecule has 1 aliphatic rings. The maximum absolute atomic E-state index is 11.7. The van der Waals surface area contributed by atoms with E-state index in [2.05, 4.69) is 29.2 Å². The molecular weight excluding hydrogens is 406 g/mol. The molecule has 6 nitrogen and oxygen atoms in total. The monoisotopic (exact) mass is 439 g/mol. The number of carbonyl (C=O) groups excluding carboxylic acids is 2. The average Bonchev–Trinajstić information content (AvgIpc) is 2.78. The molecule has 0 bridgehead atoms. The summed E-state index contributed by atoms with van der Waals surface area (Å²) in [6.07, 6.45) is 0.722. The van der Waals surface area contributed by atoms with Crippen molar-refractivity contribution in [3.8, 4) is 0 Å². The Morgan fingerprint density at radius 2 is 1.50 bits per heavy atom. The molecule has 1 heterocycles. The third kappa shape index (κ3) is 6.65. The van der Waals surface area contributed by atoms with Gasteiger partial charge in [0.25, 0.3) is 0 Å². The van der Waals surface area contributed by atoms with Crippen molar-refractivity contribution in [3.63, 3.8) is 0 Å². The fourth-order valence-electron chi connectivity index (χ4n) is 4.28. The molecule has 0 aliphatic carbocycles. The van der Waals surface area contributed by atoms with E-state index in [9.17, 15) is 9.59 Å². The van der Waals surface area contributed by atoms with Gasteiger partial charge in [-0.05, 0) is 24.0 Å². The predicted octanol–water partition coefficient (Wildman–Crippen LogP) is 4.35. The van der Waals surface area contributed by atoms with E-state index in [1.54, 1.807) is 0 Å². The second-order valence-corrected chi connectivity index (χ2v) is 8.26. The number of rotatable bonds is 9. The molecule has 2 aromatic rings. The number of carbonyl (C=O) groups is 2. The summed E-state index contributed by atoms with van der Waals surface area (Å²) in [5, 5.41) is 0. The highest BCUT2D eigenvalue weighted by Gasteiger charge is 2.38. The number of benzene rings is 2. The van der Waals surface area contributed by atoms with Gasteiger partial charge in [-0.3, -0.25) is 14.5 Å². The van der Waals surface area contributed by atoms with Gasteiger partial charge in [-0.15, -0.1) is 0 Å². The van der Waals surface area contributed by atoms with E-state index < -0.39 is 6.23 Å². The van der Waals surface area contributed by atoms with Crippen molar-refractivity contribution >= 4 is 11.9 Å². The lowest BCUT2D eigenvalue weighted by molar-refractivity contribution is -0.184. The second-order valence-electron chi connectivity index (χ2n) is 8.26. The Labute approximate surface area is 190 Å². The van der Waals surface area contributed by atoms with E-state index in [4.69, 9.17) is 14.2 Å². The van der Waals surface area contributed by atoms with Gasteiger partial charge in [-0.1, -0.05) is 67.6 Å². The molecule has 1 fully saturated rings. The summed E-state index contributed by atoms with van der Waals surface area (Å²) < 4.78 is 17.4. The van der Waals surface area contributed by atoms with Gasteiger partial charge in [0.1, 0.15) is 12.2 Å². The van der Waals surface area contributed by atoms with Crippen LogP contribution in [0.5, 0.6) is 0 Å². The molecular formula is C26H33NO5. The van der Waals surface area contributed by atoms with Crippen LogP contribution in [0.15, 0.2) is 60.7 Å². The molecule has 0 spiro atoms. The van der Waals surface area contributed by atoms with Crippen LogP contribution in [0.2, 0.25) is 0 Å². The highest BCUT2D eigenvalue weighted by molar-refractivity contribution is 5.66. The molecule has 1 saturated heterocycles. The largest absolute Gasteiger partial charge is 0.462 e. The molecule has 0 amide bonds. The van der Waals surface area contributed by atoms with Crippen molar-refractivity contribution < 1.29 is 23.8 Å². The smallest absolute Gasteiger partial charge is 0.304 e. The van der Waals surface area contributed by atoms with Crippen LogP contribution in [0.25, 0.3) is 0 Å².